The number of hydrogen-bond donors (Lipinski definition) is 1. The first kappa shape index (κ1) is 16.1. The summed E-state index contributed by atoms with van der Waals surface area (Å²) in [6, 6.07) is 14.0. The summed E-state index contributed by atoms with van der Waals surface area (Å²) in [4.78, 5) is 12.2. The van der Waals surface area contributed by atoms with Crippen LogP contribution in [0.4, 0.5) is 5.69 Å². The van der Waals surface area contributed by atoms with Crippen LogP contribution in [0.1, 0.15) is 17.5 Å². The van der Waals surface area contributed by atoms with Gasteiger partial charge in [-0.15, -0.1) is 0 Å². The summed E-state index contributed by atoms with van der Waals surface area (Å²) in [6.45, 7) is 4.42. The highest BCUT2D eigenvalue weighted by Crippen LogP contribution is 2.24. The van der Waals surface area contributed by atoms with Crippen LogP contribution in [-0.4, -0.2) is 17.1 Å². The first-order valence-electron chi connectivity index (χ1n) is 8.08. The molecule has 3 aromatic rings. The van der Waals surface area contributed by atoms with Gasteiger partial charge in [-0.1, -0.05) is 23.8 Å². The molecule has 0 atom stereocenters. The Morgan fingerprint density at radius 3 is 2.79 bits per heavy atom. The van der Waals surface area contributed by atoms with Crippen LogP contribution in [0, 0.1) is 13.8 Å². The van der Waals surface area contributed by atoms with Gasteiger partial charge in [0.15, 0.2) is 0 Å². The minimum absolute atomic E-state index is 0.0453. The molecule has 1 amide bonds. The molecule has 0 fully saturated rings. The predicted octanol–water partition coefficient (Wildman–Crippen LogP) is 4.20. The molecule has 1 heterocycles. The lowest BCUT2D eigenvalue weighted by Crippen LogP contribution is -2.15. The number of fused-ring (bicyclic) bond motifs is 1. The molecular weight excluding hydrogens is 300 g/mol. The van der Waals surface area contributed by atoms with Crippen LogP contribution in [0.2, 0.25) is 0 Å². The number of hydrogen-bond acceptors (Lipinski definition) is 2. The standard InChI is InChI=1S/C20H22N2O2/c1-14-7-8-19(15(2)13-14)24-12-10-20(23)21-17-5-4-6-18-16(17)9-11-22(18)3/h4-9,11,13H,10,12H2,1-3H3,(H,21,23). The quantitative estimate of drug-likeness (QED) is 0.765. The summed E-state index contributed by atoms with van der Waals surface area (Å²) in [5, 5.41) is 4.02. The average Bonchev–Trinajstić information content (AvgIpc) is 2.92. The van der Waals surface area contributed by atoms with Crippen molar-refractivity contribution in [2.24, 2.45) is 7.05 Å². The number of nitrogens with one attached hydrogen (secondary N) is 1. The van der Waals surface area contributed by atoms with Gasteiger partial charge in [0.1, 0.15) is 5.75 Å². The molecule has 1 N–H and O–H groups in total. The maximum absolute atomic E-state index is 12.2. The lowest BCUT2D eigenvalue weighted by molar-refractivity contribution is -0.116. The monoisotopic (exact) mass is 322 g/mol. The number of aryl methyl sites for hydroxylation is 3. The zero-order valence-electron chi connectivity index (χ0n) is 14.3. The molecule has 0 spiro atoms. The van der Waals surface area contributed by atoms with E-state index in [4.69, 9.17) is 4.74 Å². The van der Waals surface area contributed by atoms with E-state index < -0.39 is 0 Å². The Bertz CT molecular complexity index is 880. The third-order valence-electron chi connectivity index (χ3n) is 4.12. The molecule has 0 aliphatic heterocycles. The average molecular weight is 322 g/mol. The number of ether oxygens (including phenoxy) is 1. The van der Waals surface area contributed by atoms with Crippen LogP contribution in [0.3, 0.4) is 0 Å². The van der Waals surface area contributed by atoms with Gasteiger partial charge in [-0.3, -0.25) is 4.79 Å². The van der Waals surface area contributed by atoms with Gasteiger partial charge in [0.2, 0.25) is 5.91 Å². The number of carbonyl (C=O) groups is 1. The molecule has 0 aliphatic rings. The number of nitrogens with zero attached hydrogens (tertiary/aromatic N) is 1. The fourth-order valence-corrected chi connectivity index (χ4v) is 2.84. The summed E-state index contributed by atoms with van der Waals surface area (Å²) < 4.78 is 7.76. The smallest absolute Gasteiger partial charge is 0.227 e. The first-order valence-corrected chi connectivity index (χ1v) is 8.08. The summed E-state index contributed by atoms with van der Waals surface area (Å²) in [7, 11) is 1.99. The lowest BCUT2D eigenvalue weighted by atomic mass is 10.1. The van der Waals surface area contributed by atoms with Gasteiger partial charge in [-0.2, -0.15) is 0 Å². The van der Waals surface area contributed by atoms with E-state index in [0.717, 1.165) is 27.9 Å². The molecule has 0 unspecified atom stereocenters. The van der Waals surface area contributed by atoms with Crippen LogP contribution >= 0.6 is 0 Å². The largest absolute Gasteiger partial charge is 0.493 e. The molecule has 0 bridgehead atoms. The Kier molecular flexibility index (Phi) is 4.56. The van der Waals surface area contributed by atoms with Gasteiger partial charge in [0.05, 0.1) is 18.7 Å². The van der Waals surface area contributed by atoms with Crippen molar-refractivity contribution < 1.29 is 9.53 Å². The van der Waals surface area contributed by atoms with Gasteiger partial charge in [0.25, 0.3) is 0 Å². The van der Waals surface area contributed by atoms with Gasteiger partial charge < -0.3 is 14.6 Å². The number of aromatic nitrogens is 1. The normalized spacial score (nSPS) is 10.8. The highest BCUT2D eigenvalue weighted by molar-refractivity contribution is 6.01. The zero-order valence-corrected chi connectivity index (χ0v) is 14.3. The molecule has 0 saturated heterocycles. The van der Waals surface area contributed by atoms with E-state index >= 15 is 0 Å². The fraction of sp³-hybridized carbons (Fsp3) is 0.250. The Hall–Kier alpha value is -2.75. The van der Waals surface area contributed by atoms with E-state index in [1.54, 1.807) is 0 Å². The fourth-order valence-electron chi connectivity index (χ4n) is 2.84. The molecule has 0 radical (unpaired) electrons. The number of amides is 1. The second kappa shape index (κ2) is 6.79. The van der Waals surface area contributed by atoms with Gasteiger partial charge >= 0.3 is 0 Å². The second-order valence-corrected chi connectivity index (χ2v) is 6.08. The summed E-state index contributed by atoms with van der Waals surface area (Å²) in [6.07, 6.45) is 2.31. The summed E-state index contributed by atoms with van der Waals surface area (Å²) in [5.41, 5.74) is 4.22. The minimum Gasteiger partial charge on any atom is -0.493 e. The zero-order chi connectivity index (χ0) is 17.1. The van der Waals surface area contributed by atoms with Crippen LogP contribution in [0.5, 0.6) is 5.75 Å². The molecule has 0 saturated carbocycles. The molecule has 1 aromatic heterocycles. The number of benzene rings is 2. The third kappa shape index (κ3) is 3.43. The van der Waals surface area contributed by atoms with Crippen molar-refractivity contribution in [3.63, 3.8) is 0 Å². The van der Waals surface area contributed by atoms with Crippen LogP contribution in [0.15, 0.2) is 48.7 Å². The number of carbonyl (C=O) groups excluding carboxylic acids is 1. The summed E-state index contributed by atoms with van der Waals surface area (Å²) in [5.74, 6) is 0.787. The number of rotatable bonds is 5. The summed E-state index contributed by atoms with van der Waals surface area (Å²) >= 11 is 0. The Labute approximate surface area is 142 Å². The topological polar surface area (TPSA) is 43.3 Å². The molecular formula is C20H22N2O2. The second-order valence-electron chi connectivity index (χ2n) is 6.08. The highest BCUT2D eigenvalue weighted by Gasteiger charge is 2.08. The van der Waals surface area contributed by atoms with Crippen LogP contribution < -0.4 is 10.1 Å². The Morgan fingerprint density at radius 2 is 2.00 bits per heavy atom. The van der Waals surface area contributed by atoms with Gasteiger partial charge in [-0.05, 0) is 43.7 Å². The van der Waals surface area contributed by atoms with Crippen molar-refractivity contribution in [3.8, 4) is 5.75 Å². The molecule has 24 heavy (non-hydrogen) atoms. The van der Waals surface area contributed by atoms with Crippen molar-refractivity contribution >= 4 is 22.5 Å². The highest BCUT2D eigenvalue weighted by atomic mass is 16.5. The van der Waals surface area contributed by atoms with Crippen molar-refractivity contribution in [1.29, 1.82) is 0 Å². The number of anilines is 1. The Morgan fingerprint density at radius 1 is 1.17 bits per heavy atom. The van der Waals surface area contributed by atoms with Crippen molar-refractivity contribution in [3.05, 3.63) is 59.8 Å². The van der Waals surface area contributed by atoms with Gasteiger partial charge in [0, 0.05) is 24.1 Å². The van der Waals surface area contributed by atoms with E-state index in [1.165, 1.54) is 5.56 Å². The first-order chi connectivity index (χ1) is 11.5. The molecule has 3 rings (SSSR count). The van der Waals surface area contributed by atoms with E-state index in [9.17, 15) is 4.79 Å². The molecule has 2 aromatic carbocycles. The lowest BCUT2D eigenvalue weighted by Gasteiger charge is -2.10. The van der Waals surface area contributed by atoms with Gasteiger partial charge in [-0.25, -0.2) is 0 Å². The van der Waals surface area contributed by atoms with Crippen molar-refractivity contribution in [2.45, 2.75) is 20.3 Å². The molecule has 4 nitrogen and oxygen atoms in total. The molecule has 0 aliphatic carbocycles. The molecule has 4 heteroatoms. The van der Waals surface area contributed by atoms with E-state index in [-0.39, 0.29) is 5.91 Å². The Balaban J connectivity index is 1.59. The van der Waals surface area contributed by atoms with E-state index in [2.05, 4.69) is 18.3 Å². The SMILES string of the molecule is Cc1ccc(OCCC(=O)Nc2cccc3c2ccn3C)c(C)c1. The maximum Gasteiger partial charge on any atom is 0.227 e. The molecule has 124 valence electrons. The van der Waals surface area contributed by atoms with Crippen LogP contribution in [0.25, 0.3) is 10.9 Å². The van der Waals surface area contributed by atoms with Crippen LogP contribution in [-0.2, 0) is 11.8 Å². The minimum atomic E-state index is -0.0453. The maximum atomic E-state index is 12.2. The van der Waals surface area contributed by atoms with Crippen molar-refractivity contribution in [1.82, 2.24) is 4.57 Å². The van der Waals surface area contributed by atoms with Crippen molar-refractivity contribution in [2.75, 3.05) is 11.9 Å². The third-order valence-corrected chi connectivity index (χ3v) is 4.12. The van der Waals surface area contributed by atoms with E-state index in [0.29, 0.717) is 13.0 Å². The predicted molar refractivity (Wildman–Crippen MR) is 97.6 cm³/mol. The van der Waals surface area contributed by atoms with E-state index in [1.807, 2.05) is 61.1 Å².